The van der Waals surface area contributed by atoms with Crippen molar-refractivity contribution in [1.29, 1.82) is 0 Å². The second kappa shape index (κ2) is 7.85. The average molecular weight is 328 g/mol. The van der Waals surface area contributed by atoms with Gasteiger partial charge in [-0.15, -0.1) is 0 Å². The van der Waals surface area contributed by atoms with Crippen molar-refractivity contribution in [2.75, 3.05) is 18.5 Å². The molecule has 1 N–H and O–H groups in total. The molecule has 0 saturated carbocycles. The highest BCUT2D eigenvalue weighted by Crippen LogP contribution is 2.24. The number of nitrogens with zero attached hydrogens (tertiary/aromatic N) is 2. The van der Waals surface area contributed by atoms with Crippen molar-refractivity contribution in [3.05, 3.63) is 22.3 Å². The van der Waals surface area contributed by atoms with Crippen LogP contribution in [-0.2, 0) is 6.54 Å². The third-order valence-electron chi connectivity index (χ3n) is 3.28. The predicted octanol–water partition coefficient (Wildman–Crippen LogP) is 3.82. The lowest BCUT2D eigenvalue weighted by Crippen LogP contribution is -2.32. The van der Waals surface area contributed by atoms with Crippen molar-refractivity contribution in [2.24, 2.45) is 5.92 Å². The molecule has 0 aliphatic heterocycles. The Balaban J connectivity index is 2.90. The Hall–Kier alpha value is -0.610. The van der Waals surface area contributed by atoms with E-state index in [1.165, 1.54) is 12.0 Å². The zero-order valence-corrected chi connectivity index (χ0v) is 14.3. The van der Waals surface area contributed by atoms with Crippen LogP contribution >= 0.6 is 15.9 Å². The van der Waals surface area contributed by atoms with E-state index in [4.69, 9.17) is 0 Å². The van der Waals surface area contributed by atoms with E-state index in [0.29, 0.717) is 12.0 Å². The molecule has 0 amide bonds. The standard InChI is InChI=1S/C15H26BrN3/c1-6-17-9-13-8-14(16)10-18-15(13)19(5)12(4)7-11(2)3/h8,10-12,17H,6-7,9H2,1-5H3. The number of nitrogens with one attached hydrogen (secondary N) is 1. The van der Waals surface area contributed by atoms with Crippen LogP contribution in [0.4, 0.5) is 5.82 Å². The second-order valence-electron chi connectivity index (χ2n) is 5.51. The largest absolute Gasteiger partial charge is 0.357 e. The first-order valence-corrected chi connectivity index (χ1v) is 7.83. The van der Waals surface area contributed by atoms with Gasteiger partial charge < -0.3 is 10.2 Å². The predicted molar refractivity (Wildman–Crippen MR) is 86.6 cm³/mol. The van der Waals surface area contributed by atoms with Crippen molar-refractivity contribution >= 4 is 21.7 Å². The summed E-state index contributed by atoms with van der Waals surface area (Å²) in [5, 5.41) is 3.38. The van der Waals surface area contributed by atoms with Gasteiger partial charge in [-0.1, -0.05) is 20.8 Å². The Morgan fingerprint density at radius 2 is 2.05 bits per heavy atom. The van der Waals surface area contributed by atoms with Gasteiger partial charge in [-0.25, -0.2) is 4.98 Å². The lowest BCUT2D eigenvalue weighted by Gasteiger charge is -2.29. The van der Waals surface area contributed by atoms with Crippen molar-refractivity contribution in [2.45, 2.75) is 46.7 Å². The number of aromatic nitrogens is 1. The Morgan fingerprint density at radius 3 is 2.63 bits per heavy atom. The van der Waals surface area contributed by atoms with Crippen LogP contribution in [0.15, 0.2) is 16.7 Å². The third kappa shape index (κ3) is 5.11. The maximum absolute atomic E-state index is 4.60. The van der Waals surface area contributed by atoms with E-state index in [9.17, 15) is 0 Å². The van der Waals surface area contributed by atoms with E-state index >= 15 is 0 Å². The summed E-state index contributed by atoms with van der Waals surface area (Å²) in [5.74, 6) is 1.78. The zero-order valence-electron chi connectivity index (χ0n) is 12.7. The van der Waals surface area contributed by atoms with Crippen LogP contribution < -0.4 is 10.2 Å². The summed E-state index contributed by atoms with van der Waals surface area (Å²) in [4.78, 5) is 6.89. The number of anilines is 1. The van der Waals surface area contributed by atoms with Crippen molar-refractivity contribution in [1.82, 2.24) is 10.3 Å². The molecule has 1 aromatic rings. The number of halogens is 1. The quantitative estimate of drug-likeness (QED) is 0.825. The molecule has 0 aliphatic rings. The summed E-state index contributed by atoms with van der Waals surface area (Å²) in [6, 6.07) is 2.65. The van der Waals surface area contributed by atoms with Gasteiger partial charge in [-0.2, -0.15) is 0 Å². The van der Waals surface area contributed by atoms with Gasteiger partial charge >= 0.3 is 0 Å². The maximum Gasteiger partial charge on any atom is 0.133 e. The minimum absolute atomic E-state index is 0.494. The van der Waals surface area contributed by atoms with E-state index in [0.717, 1.165) is 23.4 Å². The highest BCUT2D eigenvalue weighted by atomic mass is 79.9. The summed E-state index contributed by atoms with van der Waals surface area (Å²) >= 11 is 3.51. The van der Waals surface area contributed by atoms with Crippen LogP contribution in [0.2, 0.25) is 0 Å². The van der Waals surface area contributed by atoms with Gasteiger partial charge in [0.05, 0.1) is 0 Å². The molecular weight excluding hydrogens is 302 g/mol. The second-order valence-corrected chi connectivity index (χ2v) is 6.42. The highest BCUT2D eigenvalue weighted by molar-refractivity contribution is 9.10. The smallest absolute Gasteiger partial charge is 0.133 e. The molecule has 19 heavy (non-hydrogen) atoms. The Labute approximate surface area is 125 Å². The van der Waals surface area contributed by atoms with Crippen LogP contribution in [0.1, 0.15) is 39.7 Å². The number of pyridine rings is 1. The first-order valence-electron chi connectivity index (χ1n) is 7.03. The number of hydrogen-bond donors (Lipinski definition) is 1. The third-order valence-corrected chi connectivity index (χ3v) is 3.72. The molecule has 0 fully saturated rings. The zero-order chi connectivity index (χ0) is 14.4. The van der Waals surface area contributed by atoms with E-state index in [-0.39, 0.29) is 0 Å². The summed E-state index contributed by atoms with van der Waals surface area (Å²) in [7, 11) is 2.14. The Kier molecular flexibility index (Phi) is 6.80. The van der Waals surface area contributed by atoms with Crippen molar-refractivity contribution < 1.29 is 0 Å². The highest BCUT2D eigenvalue weighted by Gasteiger charge is 2.16. The molecule has 0 aromatic carbocycles. The molecule has 0 radical (unpaired) electrons. The van der Waals surface area contributed by atoms with Gasteiger partial charge in [-0.3, -0.25) is 0 Å². The minimum atomic E-state index is 0.494. The molecule has 1 aromatic heterocycles. The van der Waals surface area contributed by atoms with E-state index in [2.05, 4.69) is 71.9 Å². The van der Waals surface area contributed by atoms with Crippen molar-refractivity contribution in [3.63, 3.8) is 0 Å². The van der Waals surface area contributed by atoms with Gasteiger partial charge in [0.2, 0.25) is 0 Å². The summed E-state index contributed by atoms with van der Waals surface area (Å²) < 4.78 is 1.04. The molecule has 0 aliphatic carbocycles. The fraction of sp³-hybridized carbons (Fsp3) is 0.667. The van der Waals surface area contributed by atoms with E-state index in [1.807, 2.05) is 6.20 Å². The number of rotatable bonds is 7. The Morgan fingerprint density at radius 1 is 1.37 bits per heavy atom. The molecule has 1 rings (SSSR count). The molecular formula is C15H26BrN3. The first kappa shape index (κ1) is 16.4. The topological polar surface area (TPSA) is 28.2 Å². The molecule has 108 valence electrons. The fourth-order valence-electron chi connectivity index (χ4n) is 2.23. The normalized spacial score (nSPS) is 12.8. The van der Waals surface area contributed by atoms with Crippen LogP contribution in [0.3, 0.4) is 0 Å². The van der Waals surface area contributed by atoms with E-state index < -0.39 is 0 Å². The Bertz CT molecular complexity index is 393. The van der Waals surface area contributed by atoms with Gasteiger partial charge in [0.1, 0.15) is 5.82 Å². The molecule has 0 bridgehead atoms. The molecule has 0 saturated heterocycles. The first-order chi connectivity index (χ1) is 8.95. The molecule has 4 heteroatoms. The molecule has 1 heterocycles. The van der Waals surface area contributed by atoms with Gasteiger partial charge in [-0.05, 0) is 47.8 Å². The lowest BCUT2D eigenvalue weighted by atomic mass is 10.0. The van der Waals surface area contributed by atoms with Gasteiger partial charge in [0.25, 0.3) is 0 Å². The summed E-state index contributed by atoms with van der Waals surface area (Å²) in [5.41, 5.74) is 1.24. The van der Waals surface area contributed by atoms with Crippen LogP contribution in [0.5, 0.6) is 0 Å². The molecule has 0 spiro atoms. The molecule has 1 unspecified atom stereocenters. The fourth-order valence-corrected chi connectivity index (χ4v) is 2.61. The maximum atomic E-state index is 4.60. The van der Waals surface area contributed by atoms with Crippen LogP contribution in [0, 0.1) is 5.92 Å². The summed E-state index contributed by atoms with van der Waals surface area (Å²) in [6.07, 6.45) is 3.05. The minimum Gasteiger partial charge on any atom is -0.357 e. The molecule has 3 nitrogen and oxygen atoms in total. The average Bonchev–Trinajstić information content (AvgIpc) is 2.34. The van der Waals surface area contributed by atoms with Crippen LogP contribution in [0.25, 0.3) is 0 Å². The SMILES string of the molecule is CCNCc1cc(Br)cnc1N(C)C(C)CC(C)C. The number of hydrogen-bond acceptors (Lipinski definition) is 3. The van der Waals surface area contributed by atoms with Crippen LogP contribution in [-0.4, -0.2) is 24.6 Å². The lowest BCUT2D eigenvalue weighted by molar-refractivity contribution is 0.501. The van der Waals surface area contributed by atoms with Gasteiger partial charge in [0.15, 0.2) is 0 Å². The van der Waals surface area contributed by atoms with Crippen molar-refractivity contribution in [3.8, 4) is 0 Å². The summed E-state index contributed by atoms with van der Waals surface area (Å²) in [6.45, 7) is 10.7. The monoisotopic (exact) mass is 327 g/mol. The van der Waals surface area contributed by atoms with E-state index in [1.54, 1.807) is 0 Å². The van der Waals surface area contributed by atoms with Gasteiger partial charge in [0, 0.05) is 35.9 Å². The molecule has 1 atom stereocenters.